The van der Waals surface area contributed by atoms with Crippen LogP contribution >= 0.6 is 0 Å². The molecule has 1 saturated heterocycles. The van der Waals surface area contributed by atoms with Crippen molar-refractivity contribution in [2.24, 2.45) is 0 Å². The molecule has 1 aliphatic rings. The van der Waals surface area contributed by atoms with E-state index in [4.69, 9.17) is 33.2 Å². The summed E-state index contributed by atoms with van der Waals surface area (Å²) >= 11 is 0. The minimum atomic E-state index is -0.0457. The first-order valence-corrected chi connectivity index (χ1v) is 9.70. The topological polar surface area (TPSA) is 76.6 Å². The molecule has 0 aromatic heterocycles. The molecule has 0 spiro atoms. The summed E-state index contributed by atoms with van der Waals surface area (Å²) in [5.74, 6) is 0. The summed E-state index contributed by atoms with van der Waals surface area (Å²) in [6.45, 7) is 8.09. The highest BCUT2D eigenvalue weighted by Crippen LogP contribution is 2.13. The van der Waals surface area contributed by atoms with Gasteiger partial charge in [0.1, 0.15) is 0 Å². The van der Waals surface area contributed by atoms with Crippen molar-refractivity contribution in [3.05, 3.63) is 0 Å². The predicted octanol–water partition coefficient (Wildman–Crippen LogP) is 0.832. The van der Waals surface area contributed by atoms with Crippen LogP contribution in [-0.4, -0.2) is 99.2 Å². The van der Waals surface area contributed by atoms with E-state index in [1.807, 2.05) is 7.05 Å². The maximum absolute atomic E-state index is 5.58. The van der Waals surface area contributed by atoms with E-state index in [2.05, 4.69) is 5.32 Å². The highest BCUT2D eigenvalue weighted by Gasteiger charge is 2.13. The lowest BCUT2D eigenvalue weighted by molar-refractivity contribution is -0.169. The summed E-state index contributed by atoms with van der Waals surface area (Å²) in [6.07, 6.45) is 3.25. The van der Waals surface area contributed by atoms with E-state index in [1.165, 1.54) is 6.42 Å². The molecule has 0 aromatic carbocycles. The Bertz CT molecular complexity index is 278. The lowest BCUT2D eigenvalue weighted by Gasteiger charge is -2.22. The van der Waals surface area contributed by atoms with E-state index < -0.39 is 0 Å². The molecule has 156 valence electrons. The summed E-state index contributed by atoms with van der Waals surface area (Å²) in [7, 11) is 1.90. The molecule has 1 unspecified atom stereocenters. The first kappa shape index (κ1) is 23.7. The molecule has 0 aliphatic carbocycles. The van der Waals surface area contributed by atoms with Crippen LogP contribution < -0.4 is 5.32 Å². The van der Waals surface area contributed by atoms with Gasteiger partial charge in [-0.25, -0.2) is 0 Å². The fourth-order valence-electron chi connectivity index (χ4n) is 2.24. The fourth-order valence-corrected chi connectivity index (χ4v) is 2.24. The molecule has 0 saturated carbocycles. The van der Waals surface area contributed by atoms with Crippen LogP contribution in [0, 0.1) is 0 Å². The van der Waals surface area contributed by atoms with Gasteiger partial charge in [-0.15, -0.1) is 0 Å². The van der Waals surface area contributed by atoms with Crippen LogP contribution in [0.5, 0.6) is 0 Å². The van der Waals surface area contributed by atoms with Crippen LogP contribution in [0.4, 0.5) is 0 Å². The van der Waals surface area contributed by atoms with E-state index in [0.717, 1.165) is 26.0 Å². The maximum Gasteiger partial charge on any atom is 0.157 e. The second kappa shape index (κ2) is 19.4. The average molecular weight is 379 g/mol. The Morgan fingerprint density at radius 2 is 1.19 bits per heavy atom. The lowest BCUT2D eigenvalue weighted by atomic mass is 10.2. The molecule has 1 heterocycles. The minimum Gasteiger partial charge on any atom is -0.378 e. The van der Waals surface area contributed by atoms with Gasteiger partial charge in [-0.05, 0) is 26.3 Å². The zero-order chi connectivity index (χ0) is 18.5. The van der Waals surface area contributed by atoms with Crippen LogP contribution in [0.1, 0.15) is 19.3 Å². The molecule has 0 aromatic rings. The van der Waals surface area contributed by atoms with Gasteiger partial charge in [0.25, 0.3) is 0 Å². The Balaban J connectivity index is 1.65. The van der Waals surface area contributed by atoms with Crippen molar-refractivity contribution in [3.63, 3.8) is 0 Å². The Morgan fingerprint density at radius 3 is 1.65 bits per heavy atom. The summed E-state index contributed by atoms with van der Waals surface area (Å²) in [5, 5.41) is 3.02. The fraction of sp³-hybridized carbons (Fsp3) is 1.00. The third-order valence-electron chi connectivity index (χ3n) is 3.65. The molecule has 0 bridgehead atoms. The van der Waals surface area contributed by atoms with Crippen molar-refractivity contribution in [1.82, 2.24) is 5.32 Å². The van der Waals surface area contributed by atoms with Crippen molar-refractivity contribution >= 4 is 0 Å². The number of hydrogen-bond donors (Lipinski definition) is 1. The first-order chi connectivity index (χ1) is 12.9. The van der Waals surface area contributed by atoms with Crippen molar-refractivity contribution in [2.45, 2.75) is 25.6 Å². The van der Waals surface area contributed by atoms with Crippen LogP contribution in [-0.2, 0) is 33.2 Å². The van der Waals surface area contributed by atoms with Gasteiger partial charge in [-0.1, -0.05) is 0 Å². The summed E-state index contributed by atoms with van der Waals surface area (Å²) in [5.41, 5.74) is 0. The highest BCUT2D eigenvalue weighted by molar-refractivity contribution is 4.53. The zero-order valence-corrected chi connectivity index (χ0v) is 16.2. The molecule has 0 radical (unpaired) electrons. The predicted molar refractivity (Wildman–Crippen MR) is 97.6 cm³/mol. The summed E-state index contributed by atoms with van der Waals surface area (Å²) in [6, 6.07) is 0. The standard InChI is InChI=1S/C18H37NO7/c1-19-5-7-20-8-9-21-10-11-22-12-13-23-14-15-24-16-17-26-18-4-2-3-6-25-18/h18-19H,2-17H2,1H3. The number of nitrogens with one attached hydrogen (secondary N) is 1. The van der Waals surface area contributed by atoms with Crippen LogP contribution in [0.15, 0.2) is 0 Å². The normalized spacial score (nSPS) is 17.7. The Kier molecular flexibility index (Phi) is 17.7. The molecule has 26 heavy (non-hydrogen) atoms. The number of likely N-dealkylation sites (N-methyl/N-ethyl adjacent to an activating group) is 1. The second-order valence-corrected chi connectivity index (χ2v) is 5.83. The van der Waals surface area contributed by atoms with Crippen molar-refractivity contribution in [1.29, 1.82) is 0 Å². The maximum atomic E-state index is 5.58. The second-order valence-electron chi connectivity index (χ2n) is 5.83. The van der Waals surface area contributed by atoms with Gasteiger partial charge in [-0.3, -0.25) is 0 Å². The van der Waals surface area contributed by atoms with Gasteiger partial charge in [-0.2, -0.15) is 0 Å². The molecular formula is C18H37NO7. The third-order valence-corrected chi connectivity index (χ3v) is 3.65. The van der Waals surface area contributed by atoms with Crippen molar-refractivity contribution in [2.75, 3.05) is 92.9 Å². The quantitative estimate of drug-likeness (QED) is 0.331. The largest absolute Gasteiger partial charge is 0.378 e. The van der Waals surface area contributed by atoms with Gasteiger partial charge < -0.3 is 38.5 Å². The Labute approximate surface area is 157 Å². The van der Waals surface area contributed by atoms with E-state index in [0.29, 0.717) is 72.7 Å². The number of rotatable bonds is 19. The van der Waals surface area contributed by atoms with E-state index in [9.17, 15) is 0 Å². The zero-order valence-electron chi connectivity index (χ0n) is 16.2. The molecule has 1 N–H and O–H groups in total. The molecule has 1 atom stereocenters. The Hall–Kier alpha value is -0.320. The van der Waals surface area contributed by atoms with Gasteiger partial charge in [0.2, 0.25) is 0 Å². The summed E-state index contributed by atoms with van der Waals surface area (Å²) in [4.78, 5) is 0. The van der Waals surface area contributed by atoms with E-state index in [-0.39, 0.29) is 6.29 Å². The first-order valence-electron chi connectivity index (χ1n) is 9.70. The lowest BCUT2D eigenvalue weighted by Crippen LogP contribution is -2.24. The Morgan fingerprint density at radius 1 is 0.692 bits per heavy atom. The van der Waals surface area contributed by atoms with Crippen molar-refractivity contribution in [3.8, 4) is 0 Å². The molecule has 8 heteroatoms. The van der Waals surface area contributed by atoms with Crippen LogP contribution in [0.2, 0.25) is 0 Å². The number of ether oxygens (including phenoxy) is 7. The van der Waals surface area contributed by atoms with E-state index in [1.54, 1.807) is 0 Å². The average Bonchev–Trinajstić information content (AvgIpc) is 2.68. The number of hydrogen-bond acceptors (Lipinski definition) is 8. The smallest absolute Gasteiger partial charge is 0.157 e. The SMILES string of the molecule is CNCCOCCOCCOCCOCCOCCOC1CCCCO1. The minimum absolute atomic E-state index is 0.0457. The molecular weight excluding hydrogens is 342 g/mol. The van der Waals surface area contributed by atoms with Gasteiger partial charge >= 0.3 is 0 Å². The van der Waals surface area contributed by atoms with E-state index >= 15 is 0 Å². The molecule has 0 amide bonds. The third kappa shape index (κ3) is 15.9. The summed E-state index contributed by atoms with van der Waals surface area (Å²) < 4.78 is 38.1. The highest BCUT2D eigenvalue weighted by atomic mass is 16.7. The monoisotopic (exact) mass is 379 g/mol. The molecule has 1 rings (SSSR count). The van der Waals surface area contributed by atoms with Crippen molar-refractivity contribution < 1.29 is 33.2 Å². The molecule has 1 aliphatic heterocycles. The van der Waals surface area contributed by atoms with Gasteiger partial charge in [0, 0.05) is 13.2 Å². The molecule has 1 fully saturated rings. The molecule has 8 nitrogen and oxygen atoms in total. The van der Waals surface area contributed by atoms with Crippen LogP contribution in [0.25, 0.3) is 0 Å². The van der Waals surface area contributed by atoms with Gasteiger partial charge in [0.15, 0.2) is 6.29 Å². The van der Waals surface area contributed by atoms with Crippen LogP contribution in [0.3, 0.4) is 0 Å². The van der Waals surface area contributed by atoms with Gasteiger partial charge in [0.05, 0.1) is 72.7 Å².